The molecule has 4 nitrogen and oxygen atoms in total. The Hall–Kier alpha value is -1.55. The van der Waals surface area contributed by atoms with Crippen LogP contribution >= 0.6 is 0 Å². The number of hydrogen-bond acceptors (Lipinski definition) is 3. The van der Waals surface area contributed by atoms with Crippen molar-refractivity contribution < 1.29 is 14.3 Å². The van der Waals surface area contributed by atoms with E-state index in [1.165, 1.54) is 17.5 Å². The summed E-state index contributed by atoms with van der Waals surface area (Å²) < 4.78 is 10.7. The first-order chi connectivity index (χ1) is 9.79. The summed E-state index contributed by atoms with van der Waals surface area (Å²) in [5.74, 6) is 0.706. The zero-order valence-electron chi connectivity index (χ0n) is 12.1. The summed E-state index contributed by atoms with van der Waals surface area (Å²) in [6.07, 6.45) is 4.34. The lowest BCUT2D eigenvalue weighted by atomic mass is 10.1. The molecule has 1 aliphatic rings. The number of amides is 1. The Morgan fingerprint density at radius 3 is 3.00 bits per heavy atom. The topological polar surface area (TPSA) is 47.6 Å². The van der Waals surface area contributed by atoms with Gasteiger partial charge in [-0.2, -0.15) is 0 Å². The third-order valence-electron chi connectivity index (χ3n) is 3.43. The zero-order chi connectivity index (χ0) is 14.2. The molecule has 1 aliphatic carbocycles. The average Bonchev–Trinajstić information content (AvgIpc) is 2.92. The van der Waals surface area contributed by atoms with Gasteiger partial charge < -0.3 is 14.8 Å². The molecule has 0 radical (unpaired) electrons. The fraction of sp³-hybridized carbons (Fsp3) is 0.562. The molecule has 0 unspecified atom stereocenters. The normalized spacial score (nSPS) is 13.1. The van der Waals surface area contributed by atoms with Gasteiger partial charge in [-0.1, -0.05) is 6.07 Å². The van der Waals surface area contributed by atoms with E-state index in [2.05, 4.69) is 17.4 Å². The molecular weight excluding hydrogens is 254 g/mol. The molecule has 4 heteroatoms. The molecule has 20 heavy (non-hydrogen) atoms. The van der Waals surface area contributed by atoms with Crippen molar-refractivity contribution >= 4 is 5.91 Å². The molecule has 1 amide bonds. The number of nitrogens with one attached hydrogen (secondary N) is 1. The SMILES string of the molecule is CCOCCCNC(=O)COc1ccc2c(c1)CCC2. The highest BCUT2D eigenvalue weighted by atomic mass is 16.5. The highest BCUT2D eigenvalue weighted by Crippen LogP contribution is 2.25. The van der Waals surface area contributed by atoms with E-state index in [4.69, 9.17) is 9.47 Å². The molecule has 0 aliphatic heterocycles. The average molecular weight is 277 g/mol. The van der Waals surface area contributed by atoms with E-state index in [-0.39, 0.29) is 12.5 Å². The van der Waals surface area contributed by atoms with Crippen molar-refractivity contribution in [3.63, 3.8) is 0 Å². The third kappa shape index (κ3) is 4.53. The number of carbonyl (C=O) groups excluding carboxylic acids is 1. The quantitative estimate of drug-likeness (QED) is 0.740. The van der Waals surface area contributed by atoms with Crippen molar-refractivity contribution in [3.8, 4) is 5.75 Å². The second kappa shape index (κ2) is 7.90. The highest BCUT2D eigenvalue weighted by molar-refractivity contribution is 5.77. The Bertz CT molecular complexity index is 445. The minimum absolute atomic E-state index is 0.0768. The molecule has 2 rings (SSSR count). The van der Waals surface area contributed by atoms with Gasteiger partial charge in [0.2, 0.25) is 0 Å². The van der Waals surface area contributed by atoms with Gasteiger partial charge in [0.15, 0.2) is 6.61 Å². The molecular formula is C16H23NO3. The number of rotatable bonds is 8. The van der Waals surface area contributed by atoms with Gasteiger partial charge in [0, 0.05) is 19.8 Å². The van der Waals surface area contributed by atoms with Crippen LogP contribution in [0.2, 0.25) is 0 Å². The van der Waals surface area contributed by atoms with Gasteiger partial charge in [-0.25, -0.2) is 0 Å². The van der Waals surface area contributed by atoms with Gasteiger partial charge in [0.25, 0.3) is 5.91 Å². The van der Waals surface area contributed by atoms with Crippen molar-refractivity contribution in [2.45, 2.75) is 32.6 Å². The highest BCUT2D eigenvalue weighted by Gasteiger charge is 2.11. The molecule has 0 fully saturated rings. The summed E-state index contributed by atoms with van der Waals surface area (Å²) in [4.78, 5) is 11.6. The maximum Gasteiger partial charge on any atom is 0.257 e. The summed E-state index contributed by atoms with van der Waals surface area (Å²) in [6, 6.07) is 6.12. The van der Waals surface area contributed by atoms with Crippen LogP contribution in [-0.2, 0) is 22.4 Å². The fourth-order valence-electron chi connectivity index (χ4n) is 2.38. The molecule has 0 spiro atoms. The zero-order valence-corrected chi connectivity index (χ0v) is 12.1. The van der Waals surface area contributed by atoms with Gasteiger partial charge in [0.1, 0.15) is 5.75 Å². The second-order valence-electron chi connectivity index (χ2n) is 4.97. The molecule has 0 saturated carbocycles. The van der Waals surface area contributed by atoms with Crippen LogP contribution in [0.25, 0.3) is 0 Å². The van der Waals surface area contributed by atoms with Gasteiger partial charge in [-0.3, -0.25) is 4.79 Å². The Morgan fingerprint density at radius 2 is 2.15 bits per heavy atom. The maximum atomic E-state index is 11.6. The first-order valence-electron chi connectivity index (χ1n) is 7.38. The smallest absolute Gasteiger partial charge is 0.257 e. The lowest BCUT2D eigenvalue weighted by molar-refractivity contribution is -0.123. The molecule has 1 N–H and O–H groups in total. The molecule has 1 aromatic carbocycles. The maximum absolute atomic E-state index is 11.6. The Kier molecular flexibility index (Phi) is 5.87. The molecule has 0 saturated heterocycles. The predicted octanol–water partition coefficient (Wildman–Crippen LogP) is 2.10. The Morgan fingerprint density at radius 1 is 1.30 bits per heavy atom. The summed E-state index contributed by atoms with van der Waals surface area (Å²) in [5.41, 5.74) is 2.78. The predicted molar refractivity (Wildman–Crippen MR) is 78.1 cm³/mol. The lowest BCUT2D eigenvalue weighted by Crippen LogP contribution is -2.30. The van der Waals surface area contributed by atoms with E-state index in [0.29, 0.717) is 13.2 Å². The van der Waals surface area contributed by atoms with Gasteiger partial charge >= 0.3 is 0 Å². The minimum atomic E-state index is -0.0815. The molecule has 110 valence electrons. The Labute approximate surface area is 120 Å². The summed E-state index contributed by atoms with van der Waals surface area (Å²) in [7, 11) is 0. The summed E-state index contributed by atoms with van der Waals surface area (Å²) in [5, 5.41) is 2.82. The standard InChI is InChI=1S/C16H23NO3/c1-2-19-10-4-9-17-16(18)12-20-15-8-7-13-5-3-6-14(13)11-15/h7-8,11H,2-6,9-10,12H2,1H3,(H,17,18). The van der Waals surface area contributed by atoms with Crippen molar-refractivity contribution in [1.82, 2.24) is 5.32 Å². The number of fused-ring (bicyclic) bond motifs is 1. The van der Waals surface area contributed by atoms with Crippen molar-refractivity contribution in [1.29, 1.82) is 0 Å². The van der Waals surface area contributed by atoms with Crippen molar-refractivity contribution in [3.05, 3.63) is 29.3 Å². The van der Waals surface area contributed by atoms with E-state index in [0.717, 1.165) is 31.6 Å². The van der Waals surface area contributed by atoms with Crippen LogP contribution in [0.4, 0.5) is 0 Å². The fourth-order valence-corrected chi connectivity index (χ4v) is 2.38. The first kappa shape index (κ1) is 14.9. The lowest BCUT2D eigenvalue weighted by Gasteiger charge is -2.09. The van der Waals surface area contributed by atoms with Crippen LogP contribution in [0.15, 0.2) is 18.2 Å². The molecule has 0 aromatic heterocycles. The van der Waals surface area contributed by atoms with Crippen molar-refractivity contribution in [2.75, 3.05) is 26.4 Å². The first-order valence-corrected chi connectivity index (χ1v) is 7.38. The third-order valence-corrected chi connectivity index (χ3v) is 3.43. The van der Waals surface area contributed by atoms with Gasteiger partial charge in [0.05, 0.1) is 0 Å². The molecule has 0 bridgehead atoms. The molecule has 0 atom stereocenters. The van der Waals surface area contributed by atoms with E-state index in [1.807, 2.05) is 13.0 Å². The van der Waals surface area contributed by atoms with Crippen LogP contribution in [0.5, 0.6) is 5.75 Å². The summed E-state index contributed by atoms with van der Waals surface area (Å²) >= 11 is 0. The second-order valence-corrected chi connectivity index (χ2v) is 4.97. The van der Waals surface area contributed by atoms with E-state index in [1.54, 1.807) is 0 Å². The van der Waals surface area contributed by atoms with Crippen LogP contribution in [-0.4, -0.2) is 32.3 Å². The van der Waals surface area contributed by atoms with Crippen molar-refractivity contribution in [2.24, 2.45) is 0 Å². The Balaban J connectivity index is 1.66. The molecule has 0 heterocycles. The van der Waals surface area contributed by atoms with Crippen LogP contribution < -0.4 is 10.1 Å². The monoisotopic (exact) mass is 277 g/mol. The number of hydrogen-bond donors (Lipinski definition) is 1. The van der Waals surface area contributed by atoms with Gasteiger partial charge in [-0.15, -0.1) is 0 Å². The summed E-state index contributed by atoms with van der Waals surface area (Å²) in [6.45, 7) is 4.07. The minimum Gasteiger partial charge on any atom is -0.484 e. The van der Waals surface area contributed by atoms with E-state index < -0.39 is 0 Å². The largest absolute Gasteiger partial charge is 0.484 e. The van der Waals surface area contributed by atoms with E-state index in [9.17, 15) is 4.79 Å². The number of aryl methyl sites for hydroxylation is 2. The van der Waals surface area contributed by atoms with Crippen LogP contribution in [0.3, 0.4) is 0 Å². The van der Waals surface area contributed by atoms with Crippen LogP contribution in [0.1, 0.15) is 30.9 Å². The number of carbonyl (C=O) groups is 1. The van der Waals surface area contributed by atoms with E-state index >= 15 is 0 Å². The number of benzene rings is 1. The molecule has 1 aromatic rings. The van der Waals surface area contributed by atoms with Gasteiger partial charge in [-0.05, 0) is 55.9 Å². The number of ether oxygens (including phenoxy) is 2. The van der Waals surface area contributed by atoms with Crippen LogP contribution in [0, 0.1) is 0 Å².